The number of ketones is 1. The second-order valence-electron chi connectivity index (χ2n) is 7.22. The van der Waals surface area contributed by atoms with Crippen LogP contribution in [0.2, 0.25) is 0 Å². The molecule has 3 rings (SSSR count). The lowest BCUT2D eigenvalue weighted by Gasteiger charge is -2.29. The van der Waals surface area contributed by atoms with Crippen LogP contribution in [0.1, 0.15) is 46.0 Å². The van der Waals surface area contributed by atoms with Crippen LogP contribution in [0, 0.1) is 13.8 Å². The zero-order valence-electron chi connectivity index (χ0n) is 17.5. The van der Waals surface area contributed by atoms with Crippen molar-refractivity contribution in [2.75, 3.05) is 43.1 Å². The molecule has 1 fully saturated rings. The Kier molecular flexibility index (Phi) is 6.59. The highest BCUT2D eigenvalue weighted by molar-refractivity contribution is 6.04. The van der Waals surface area contributed by atoms with Gasteiger partial charge in [-0.15, -0.1) is 0 Å². The summed E-state index contributed by atoms with van der Waals surface area (Å²) >= 11 is 0. The molecule has 0 saturated carbocycles. The number of ether oxygens (including phenoxy) is 2. The number of nitrogens with zero attached hydrogens (tertiary/aromatic N) is 1. The van der Waals surface area contributed by atoms with Crippen LogP contribution in [0.5, 0.6) is 0 Å². The molecule has 1 aliphatic rings. The summed E-state index contributed by atoms with van der Waals surface area (Å²) in [7, 11) is 0. The van der Waals surface area contributed by atoms with E-state index >= 15 is 0 Å². The van der Waals surface area contributed by atoms with Crippen LogP contribution in [-0.4, -0.2) is 55.7 Å². The van der Waals surface area contributed by atoms with Crippen molar-refractivity contribution in [2.45, 2.75) is 33.7 Å². The Morgan fingerprint density at radius 2 is 1.86 bits per heavy atom. The first kappa shape index (κ1) is 20.9. The van der Waals surface area contributed by atoms with Crippen LogP contribution in [0.3, 0.4) is 0 Å². The average Bonchev–Trinajstić information content (AvgIpc) is 3.02. The number of anilines is 2. The molecule has 29 heavy (non-hydrogen) atoms. The second kappa shape index (κ2) is 9.13. The van der Waals surface area contributed by atoms with Gasteiger partial charge in [0.2, 0.25) is 5.78 Å². The van der Waals surface area contributed by atoms with Gasteiger partial charge >= 0.3 is 5.97 Å². The summed E-state index contributed by atoms with van der Waals surface area (Å²) < 4.78 is 10.5. The molecular weight excluding hydrogens is 370 g/mol. The molecule has 1 aromatic heterocycles. The van der Waals surface area contributed by atoms with Crippen LogP contribution < -0.4 is 10.2 Å². The minimum atomic E-state index is -0.448. The van der Waals surface area contributed by atoms with E-state index in [2.05, 4.69) is 15.2 Å². The van der Waals surface area contributed by atoms with Crippen molar-refractivity contribution >= 4 is 23.1 Å². The average molecular weight is 399 g/mol. The number of aryl methyl sites for hydroxylation is 1. The third kappa shape index (κ3) is 4.62. The molecule has 1 atom stereocenters. The van der Waals surface area contributed by atoms with Crippen LogP contribution in [0.25, 0.3) is 0 Å². The molecule has 0 unspecified atom stereocenters. The molecule has 2 heterocycles. The molecule has 2 aromatic rings. The Bertz CT molecular complexity index is 867. The molecule has 7 heteroatoms. The standard InChI is InChI=1S/C22H29N3O4/c1-5-29-22(27)19-14(2)20(24-15(19)3)21(26)16(4)23-17-6-8-18(9-7-17)25-10-12-28-13-11-25/h6-9,16,23-24H,5,10-13H2,1-4H3/t16-/m0/s1. The first-order valence-electron chi connectivity index (χ1n) is 10.0. The lowest BCUT2D eigenvalue weighted by atomic mass is 10.0. The van der Waals surface area contributed by atoms with E-state index in [0.717, 1.165) is 37.7 Å². The topological polar surface area (TPSA) is 83.7 Å². The van der Waals surface area contributed by atoms with E-state index in [4.69, 9.17) is 9.47 Å². The molecular formula is C22H29N3O4. The molecule has 0 spiro atoms. The van der Waals surface area contributed by atoms with Gasteiger partial charge in [0.25, 0.3) is 0 Å². The fraction of sp³-hybridized carbons (Fsp3) is 0.455. The number of esters is 1. The van der Waals surface area contributed by atoms with Crippen LogP contribution in [-0.2, 0) is 9.47 Å². The van der Waals surface area contributed by atoms with Crippen molar-refractivity contribution in [3.8, 4) is 0 Å². The molecule has 7 nitrogen and oxygen atoms in total. The molecule has 1 saturated heterocycles. The molecule has 1 aromatic carbocycles. The molecule has 0 aliphatic carbocycles. The van der Waals surface area contributed by atoms with Gasteiger partial charge in [0.1, 0.15) is 0 Å². The summed E-state index contributed by atoms with van der Waals surface area (Å²) in [5.41, 5.74) is 4.17. The Morgan fingerprint density at radius 1 is 1.21 bits per heavy atom. The van der Waals surface area contributed by atoms with Crippen molar-refractivity contribution in [3.05, 3.63) is 46.8 Å². The van der Waals surface area contributed by atoms with Crippen LogP contribution in [0.4, 0.5) is 11.4 Å². The summed E-state index contributed by atoms with van der Waals surface area (Å²) in [6.07, 6.45) is 0. The van der Waals surface area contributed by atoms with Gasteiger partial charge in [-0.05, 0) is 57.5 Å². The van der Waals surface area contributed by atoms with Gasteiger partial charge in [0.05, 0.1) is 37.1 Å². The molecule has 156 valence electrons. The first-order chi connectivity index (χ1) is 13.9. The molecule has 0 bridgehead atoms. The lowest BCUT2D eigenvalue weighted by molar-refractivity contribution is 0.0525. The largest absolute Gasteiger partial charge is 0.462 e. The van der Waals surface area contributed by atoms with E-state index in [0.29, 0.717) is 29.1 Å². The zero-order valence-corrected chi connectivity index (χ0v) is 17.5. The maximum absolute atomic E-state index is 13.0. The first-order valence-corrected chi connectivity index (χ1v) is 10.0. The Labute approximate surface area is 171 Å². The SMILES string of the molecule is CCOC(=O)c1c(C)[nH]c(C(=O)[C@H](C)Nc2ccc(N3CCOCC3)cc2)c1C. The van der Waals surface area contributed by atoms with Gasteiger partial charge in [0.15, 0.2) is 0 Å². The van der Waals surface area contributed by atoms with Crippen LogP contribution >= 0.6 is 0 Å². The van der Waals surface area contributed by atoms with Crippen molar-refractivity contribution in [2.24, 2.45) is 0 Å². The van der Waals surface area contributed by atoms with Gasteiger partial charge in [-0.1, -0.05) is 0 Å². The van der Waals surface area contributed by atoms with E-state index in [1.165, 1.54) is 0 Å². The maximum atomic E-state index is 13.0. The molecule has 1 aliphatic heterocycles. The summed E-state index contributed by atoms with van der Waals surface area (Å²) in [6, 6.07) is 7.61. The van der Waals surface area contributed by atoms with E-state index in [1.807, 2.05) is 31.2 Å². The zero-order chi connectivity index (χ0) is 21.0. The third-order valence-electron chi connectivity index (χ3n) is 5.18. The predicted molar refractivity (Wildman–Crippen MR) is 113 cm³/mol. The highest BCUT2D eigenvalue weighted by Gasteiger charge is 2.25. The van der Waals surface area contributed by atoms with Crippen molar-refractivity contribution < 1.29 is 19.1 Å². The number of nitrogens with one attached hydrogen (secondary N) is 2. The normalized spacial score (nSPS) is 15.1. The number of benzene rings is 1. The number of aromatic amines is 1. The lowest BCUT2D eigenvalue weighted by Crippen LogP contribution is -2.36. The third-order valence-corrected chi connectivity index (χ3v) is 5.18. The number of H-pyrrole nitrogens is 1. The van der Waals surface area contributed by atoms with Crippen LogP contribution in [0.15, 0.2) is 24.3 Å². The highest BCUT2D eigenvalue weighted by atomic mass is 16.5. The number of morpholine rings is 1. The predicted octanol–water partition coefficient (Wildman–Crippen LogP) is 3.33. The van der Waals surface area contributed by atoms with E-state index in [1.54, 1.807) is 20.8 Å². The summed E-state index contributed by atoms with van der Waals surface area (Å²) in [4.78, 5) is 30.5. The Morgan fingerprint density at radius 3 is 2.48 bits per heavy atom. The number of rotatable bonds is 7. The number of hydrogen-bond acceptors (Lipinski definition) is 6. The van der Waals surface area contributed by atoms with E-state index in [-0.39, 0.29) is 5.78 Å². The monoisotopic (exact) mass is 399 g/mol. The van der Waals surface area contributed by atoms with E-state index < -0.39 is 12.0 Å². The summed E-state index contributed by atoms with van der Waals surface area (Å²) in [6.45, 7) is 10.7. The van der Waals surface area contributed by atoms with Gasteiger partial charge < -0.3 is 24.7 Å². The van der Waals surface area contributed by atoms with Gasteiger partial charge in [-0.2, -0.15) is 0 Å². The number of aromatic nitrogens is 1. The fourth-order valence-electron chi connectivity index (χ4n) is 3.63. The van der Waals surface area contributed by atoms with Gasteiger partial charge in [-0.3, -0.25) is 4.79 Å². The molecule has 0 amide bonds. The number of hydrogen-bond donors (Lipinski definition) is 2. The molecule has 0 radical (unpaired) electrons. The van der Waals surface area contributed by atoms with Crippen molar-refractivity contribution in [1.82, 2.24) is 4.98 Å². The second-order valence-corrected chi connectivity index (χ2v) is 7.22. The Hall–Kier alpha value is -2.80. The van der Waals surface area contributed by atoms with Gasteiger partial charge in [0, 0.05) is 30.2 Å². The number of carbonyl (C=O) groups is 2. The summed E-state index contributed by atoms with van der Waals surface area (Å²) in [5.74, 6) is -0.504. The Balaban J connectivity index is 1.69. The highest BCUT2D eigenvalue weighted by Crippen LogP contribution is 2.23. The minimum Gasteiger partial charge on any atom is -0.462 e. The smallest absolute Gasteiger partial charge is 0.340 e. The minimum absolute atomic E-state index is 0.0987. The number of Topliss-reactive ketones (excluding diaryl/α,β-unsaturated/α-hetero) is 1. The van der Waals surface area contributed by atoms with E-state index in [9.17, 15) is 9.59 Å². The fourth-order valence-corrected chi connectivity index (χ4v) is 3.63. The summed E-state index contributed by atoms with van der Waals surface area (Å²) in [5, 5.41) is 3.25. The van der Waals surface area contributed by atoms with Gasteiger partial charge in [-0.25, -0.2) is 4.79 Å². The molecule has 2 N–H and O–H groups in total. The number of carbonyl (C=O) groups excluding carboxylic acids is 2. The van der Waals surface area contributed by atoms with Crippen molar-refractivity contribution in [3.63, 3.8) is 0 Å². The van der Waals surface area contributed by atoms with Crippen molar-refractivity contribution in [1.29, 1.82) is 0 Å². The maximum Gasteiger partial charge on any atom is 0.340 e. The quantitative estimate of drug-likeness (QED) is 0.549.